The highest BCUT2D eigenvalue weighted by Crippen LogP contribution is 2.13. The zero-order valence-electron chi connectivity index (χ0n) is 13.3. The minimum absolute atomic E-state index is 0.135. The molecule has 1 aromatic rings. The van der Waals surface area contributed by atoms with Gasteiger partial charge in [-0.2, -0.15) is 0 Å². The number of ketones is 2. The summed E-state index contributed by atoms with van der Waals surface area (Å²) >= 11 is 0. The van der Waals surface area contributed by atoms with E-state index in [4.69, 9.17) is 4.42 Å². The molecule has 21 heavy (non-hydrogen) atoms. The molecular weight excluding hydrogens is 268 g/mol. The quantitative estimate of drug-likeness (QED) is 0.394. The van der Waals surface area contributed by atoms with Crippen LogP contribution in [-0.4, -0.2) is 62.6 Å². The lowest BCUT2D eigenvalue weighted by Gasteiger charge is -2.12. The molecule has 0 bridgehead atoms. The van der Waals surface area contributed by atoms with Crippen molar-refractivity contribution < 1.29 is 14.0 Å². The Morgan fingerprint density at radius 2 is 1.57 bits per heavy atom. The molecule has 0 aliphatic carbocycles. The topological polar surface area (TPSA) is 53.8 Å². The van der Waals surface area contributed by atoms with E-state index in [1.165, 1.54) is 6.26 Å². The van der Waals surface area contributed by atoms with Crippen molar-refractivity contribution in [1.82, 2.24) is 9.80 Å². The summed E-state index contributed by atoms with van der Waals surface area (Å²) in [6.45, 7) is 1.24. The third-order valence-electron chi connectivity index (χ3n) is 3.00. The number of rotatable bonds is 9. The van der Waals surface area contributed by atoms with Crippen molar-refractivity contribution in [3.63, 3.8) is 0 Å². The standard InChI is InChI=1S/C16H24N2O3/c1-17(2)9-7-15(19)14(12-13-6-5-11-21-13)16(20)8-10-18(3)4/h5-6,11-12H,7-10H2,1-4H3. The molecule has 0 amide bonds. The fraction of sp³-hybridized carbons (Fsp3) is 0.500. The molecule has 5 heteroatoms. The molecule has 0 atom stereocenters. The molecule has 116 valence electrons. The van der Waals surface area contributed by atoms with Crippen LogP contribution in [0.1, 0.15) is 18.6 Å². The van der Waals surface area contributed by atoms with E-state index in [1.807, 2.05) is 38.0 Å². The first-order valence-electron chi connectivity index (χ1n) is 7.01. The predicted octanol–water partition coefficient (Wildman–Crippen LogP) is 1.70. The second-order valence-corrected chi connectivity index (χ2v) is 5.53. The van der Waals surface area contributed by atoms with Crippen LogP contribution in [-0.2, 0) is 9.59 Å². The predicted molar refractivity (Wildman–Crippen MR) is 83.0 cm³/mol. The van der Waals surface area contributed by atoms with E-state index in [2.05, 4.69) is 0 Å². The molecule has 1 aromatic heterocycles. The van der Waals surface area contributed by atoms with Gasteiger partial charge in [-0.05, 0) is 46.4 Å². The monoisotopic (exact) mass is 292 g/mol. The molecule has 0 radical (unpaired) electrons. The van der Waals surface area contributed by atoms with E-state index < -0.39 is 0 Å². The summed E-state index contributed by atoms with van der Waals surface area (Å²) in [4.78, 5) is 28.4. The molecule has 0 N–H and O–H groups in total. The average molecular weight is 292 g/mol. The Morgan fingerprint density at radius 1 is 1.05 bits per heavy atom. The molecule has 1 rings (SSSR count). The smallest absolute Gasteiger partial charge is 0.167 e. The second-order valence-electron chi connectivity index (χ2n) is 5.53. The number of furan rings is 1. The maximum atomic E-state index is 12.3. The van der Waals surface area contributed by atoms with Crippen molar-refractivity contribution in [1.29, 1.82) is 0 Å². The van der Waals surface area contributed by atoms with Crippen LogP contribution in [0.5, 0.6) is 0 Å². The lowest BCUT2D eigenvalue weighted by molar-refractivity contribution is -0.121. The zero-order chi connectivity index (χ0) is 15.8. The van der Waals surface area contributed by atoms with E-state index >= 15 is 0 Å². The van der Waals surface area contributed by atoms with Crippen LogP contribution in [0.2, 0.25) is 0 Å². The van der Waals surface area contributed by atoms with E-state index in [9.17, 15) is 9.59 Å². The van der Waals surface area contributed by atoms with Gasteiger partial charge in [-0.3, -0.25) is 9.59 Å². The average Bonchev–Trinajstić information content (AvgIpc) is 2.92. The van der Waals surface area contributed by atoms with Gasteiger partial charge < -0.3 is 14.2 Å². The van der Waals surface area contributed by atoms with Crippen LogP contribution in [0.15, 0.2) is 28.4 Å². The number of hydrogen-bond donors (Lipinski definition) is 0. The number of hydrogen-bond acceptors (Lipinski definition) is 5. The van der Waals surface area contributed by atoms with Crippen molar-refractivity contribution in [2.45, 2.75) is 12.8 Å². The van der Waals surface area contributed by atoms with E-state index in [-0.39, 0.29) is 17.1 Å². The first-order valence-corrected chi connectivity index (χ1v) is 7.01. The van der Waals surface area contributed by atoms with Gasteiger partial charge in [-0.15, -0.1) is 0 Å². The number of Topliss-reactive ketones (excluding diaryl/α,β-unsaturated/α-hetero) is 2. The number of allylic oxidation sites excluding steroid dienone is 1. The SMILES string of the molecule is CN(C)CCC(=O)C(=Cc1ccco1)C(=O)CCN(C)C. The minimum Gasteiger partial charge on any atom is -0.465 e. The summed E-state index contributed by atoms with van der Waals surface area (Å²) in [7, 11) is 7.60. The third-order valence-corrected chi connectivity index (χ3v) is 3.00. The molecule has 0 fully saturated rings. The number of carbonyl (C=O) groups is 2. The van der Waals surface area contributed by atoms with Crippen LogP contribution in [0.25, 0.3) is 6.08 Å². The Balaban J connectivity index is 2.84. The lowest BCUT2D eigenvalue weighted by atomic mass is 10.0. The number of carbonyl (C=O) groups excluding carboxylic acids is 2. The summed E-state index contributed by atoms with van der Waals surface area (Å²) in [5.74, 6) is 0.258. The summed E-state index contributed by atoms with van der Waals surface area (Å²) in [6.07, 6.45) is 3.73. The molecule has 0 spiro atoms. The van der Waals surface area contributed by atoms with Gasteiger partial charge in [0.1, 0.15) is 5.76 Å². The molecule has 0 aliphatic heterocycles. The Bertz CT molecular complexity index is 462. The van der Waals surface area contributed by atoms with E-state index in [1.54, 1.807) is 18.2 Å². The highest BCUT2D eigenvalue weighted by Gasteiger charge is 2.18. The number of nitrogens with zero attached hydrogens (tertiary/aromatic N) is 2. The van der Waals surface area contributed by atoms with Crippen LogP contribution >= 0.6 is 0 Å². The summed E-state index contributed by atoms with van der Waals surface area (Å²) < 4.78 is 5.21. The molecule has 0 saturated carbocycles. The maximum Gasteiger partial charge on any atom is 0.167 e. The largest absolute Gasteiger partial charge is 0.465 e. The van der Waals surface area contributed by atoms with Crippen LogP contribution < -0.4 is 0 Å². The highest BCUT2D eigenvalue weighted by molar-refractivity contribution is 6.23. The molecule has 1 heterocycles. The summed E-state index contributed by atoms with van der Waals surface area (Å²) in [5.41, 5.74) is 0.230. The molecule has 0 saturated heterocycles. The Morgan fingerprint density at radius 3 is 1.95 bits per heavy atom. The fourth-order valence-corrected chi connectivity index (χ4v) is 1.75. The van der Waals surface area contributed by atoms with Gasteiger partial charge in [0.15, 0.2) is 11.6 Å². The summed E-state index contributed by atoms with van der Waals surface area (Å²) in [5, 5.41) is 0. The molecule has 0 aromatic carbocycles. The van der Waals surface area contributed by atoms with Crippen molar-refractivity contribution in [3.05, 3.63) is 29.7 Å². The lowest BCUT2D eigenvalue weighted by Crippen LogP contribution is -2.23. The molecular formula is C16H24N2O3. The first-order chi connectivity index (χ1) is 9.90. The van der Waals surface area contributed by atoms with Crippen molar-refractivity contribution >= 4 is 17.6 Å². The minimum atomic E-state index is -0.135. The molecule has 0 aliphatic rings. The second kappa shape index (κ2) is 8.54. The van der Waals surface area contributed by atoms with Crippen LogP contribution in [0.4, 0.5) is 0 Å². The van der Waals surface area contributed by atoms with E-state index in [0.29, 0.717) is 31.7 Å². The Kier molecular flexibility index (Phi) is 7.05. The van der Waals surface area contributed by atoms with Gasteiger partial charge in [-0.1, -0.05) is 0 Å². The maximum absolute atomic E-state index is 12.3. The van der Waals surface area contributed by atoms with Gasteiger partial charge >= 0.3 is 0 Å². The van der Waals surface area contributed by atoms with Crippen molar-refractivity contribution in [3.8, 4) is 0 Å². The zero-order valence-corrected chi connectivity index (χ0v) is 13.3. The van der Waals surface area contributed by atoms with Crippen molar-refractivity contribution in [2.24, 2.45) is 0 Å². The Hall–Kier alpha value is -1.72. The summed E-state index contributed by atoms with van der Waals surface area (Å²) in [6, 6.07) is 3.47. The van der Waals surface area contributed by atoms with E-state index in [0.717, 1.165) is 0 Å². The van der Waals surface area contributed by atoms with Gasteiger partial charge in [0.2, 0.25) is 0 Å². The van der Waals surface area contributed by atoms with Gasteiger partial charge in [0.25, 0.3) is 0 Å². The van der Waals surface area contributed by atoms with Gasteiger partial charge in [0, 0.05) is 25.9 Å². The van der Waals surface area contributed by atoms with Crippen molar-refractivity contribution in [2.75, 3.05) is 41.3 Å². The first kappa shape index (κ1) is 17.3. The molecule has 5 nitrogen and oxygen atoms in total. The Labute approximate surface area is 126 Å². The van der Waals surface area contributed by atoms with Gasteiger partial charge in [-0.25, -0.2) is 0 Å². The fourth-order valence-electron chi connectivity index (χ4n) is 1.75. The van der Waals surface area contributed by atoms with Gasteiger partial charge in [0.05, 0.1) is 11.8 Å². The van der Waals surface area contributed by atoms with Crippen LogP contribution in [0, 0.1) is 0 Å². The normalized spacial score (nSPS) is 11.0. The van der Waals surface area contributed by atoms with Crippen LogP contribution in [0.3, 0.4) is 0 Å². The third kappa shape index (κ3) is 6.51. The highest BCUT2D eigenvalue weighted by atomic mass is 16.3. The molecule has 0 unspecified atom stereocenters.